The maximum Gasteiger partial charge on any atom is 0.364 e. The molecule has 1 aliphatic heterocycles. The van der Waals surface area contributed by atoms with E-state index >= 15 is 0 Å². The van der Waals surface area contributed by atoms with Crippen LogP contribution in [0.15, 0.2) is 24.5 Å². The molecule has 1 fully saturated rings. The highest BCUT2D eigenvalue weighted by atomic mass is 16.7. The summed E-state index contributed by atoms with van der Waals surface area (Å²) in [4.78, 5) is 42.3. The van der Waals surface area contributed by atoms with E-state index in [4.69, 9.17) is 0 Å². The number of hydrogen-bond acceptors (Lipinski definition) is 5. The summed E-state index contributed by atoms with van der Waals surface area (Å²) < 4.78 is 0. The van der Waals surface area contributed by atoms with Crippen LogP contribution in [0.1, 0.15) is 23.2 Å². The van der Waals surface area contributed by atoms with Gasteiger partial charge in [0.2, 0.25) is 0 Å². The Balaban J connectivity index is 2.08. The summed E-state index contributed by atoms with van der Waals surface area (Å²) in [6.07, 6.45) is 3.01. The maximum absolute atomic E-state index is 11.5. The van der Waals surface area contributed by atoms with E-state index in [1.807, 2.05) is 0 Å². The minimum absolute atomic E-state index is 0.0858. The van der Waals surface area contributed by atoms with E-state index in [-0.39, 0.29) is 18.4 Å². The third kappa shape index (κ3) is 1.90. The van der Waals surface area contributed by atoms with E-state index in [0.29, 0.717) is 5.06 Å². The van der Waals surface area contributed by atoms with Crippen LogP contribution in [0.25, 0.3) is 0 Å². The lowest BCUT2D eigenvalue weighted by Crippen LogP contribution is -2.32. The topological polar surface area (TPSA) is 76.6 Å². The zero-order chi connectivity index (χ0) is 11.5. The third-order valence-corrected chi connectivity index (χ3v) is 2.10. The lowest BCUT2D eigenvalue weighted by atomic mass is 10.3. The average Bonchev–Trinajstić information content (AvgIpc) is 2.62. The molecule has 0 aliphatic carbocycles. The normalized spacial score (nSPS) is 15.4. The number of amides is 2. The van der Waals surface area contributed by atoms with Crippen molar-refractivity contribution in [2.75, 3.05) is 0 Å². The molecule has 0 saturated carbocycles. The standard InChI is InChI=1S/C10H8N2O4/c13-8-1-2-9(14)12(8)16-10(15)7-3-5-11-6-4-7/h3-6H,1-2H2. The zero-order valence-electron chi connectivity index (χ0n) is 8.25. The summed E-state index contributed by atoms with van der Waals surface area (Å²) in [5.41, 5.74) is 0.238. The molecule has 2 rings (SSSR count). The van der Waals surface area contributed by atoms with Crippen LogP contribution in [0.4, 0.5) is 0 Å². The van der Waals surface area contributed by atoms with Crippen molar-refractivity contribution in [1.29, 1.82) is 0 Å². The molecule has 6 heteroatoms. The molecule has 0 N–H and O–H groups in total. The predicted octanol–water partition coefficient (Wildman–Crippen LogP) is 0.302. The van der Waals surface area contributed by atoms with Gasteiger partial charge in [0.15, 0.2) is 0 Å². The second-order valence-electron chi connectivity index (χ2n) is 3.20. The Morgan fingerprint density at radius 2 is 1.75 bits per heavy atom. The van der Waals surface area contributed by atoms with Crippen LogP contribution in [0, 0.1) is 0 Å². The van der Waals surface area contributed by atoms with Gasteiger partial charge in [-0.15, -0.1) is 5.06 Å². The minimum atomic E-state index is -0.744. The summed E-state index contributed by atoms with van der Waals surface area (Å²) >= 11 is 0. The van der Waals surface area contributed by atoms with Gasteiger partial charge in [0.1, 0.15) is 0 Å². The highest BCUT2D eigenvalue weighted by Crippen LogP contribution is 2.13. The van der Waals surface area contributed by atoms with E-state index in [1.165, 1.54) is 24.5 Å². The van der Waals surface area contributed by atoms with E-state index in [1.54, 1.807) is 0 Å². The number of carbonyl (C=O) groups excluding carboxylic acids is 3. The molecular weight excluding hydrogens is 212 g/mol. The first kappa shape index (κ1) is 10.3. The van der Waals surface area contributed by atoms with Gasteiger partial charge in [0, 0.05) is 25.2 Å². The summed E-state index contributed by atoms with van der Waals surface area (Å²) in [5.74, 6) is -1.73. The van der Waals surface area contributed by atoms with Crippen molar-refractivity contribution in [1.82, 2.24) is 10.0 Å². The molecular formula is C10H8N2O4. The van der Waals surface area contributed by atoms with Crippen molar-refractivity contribution >= 4 is 17.8 Å². The molecule has 82 valence electrons. The van der Waals surface area contributed by atoms with Gasteiger partial charge in [-0.1, -0.05) is 0 Å². The van der Waals surface area contributed by atoms with E-state index < -0.39 is 17.8 Å². The van der Waals surface area contributed by atoms with Crippen molar-refractivity contribution in [3.63, 3.8) is 0 Å². The predicted molar refractivity (Wildman–Crippen MR) is 50.7 cm³/mol. The Bertz CT molecular complexity index is 427. The molecule has 16 heavy (non-hydrogen) atoms. The molecule has 1 aromatic rings. The van der Waals surface area contributed by atoms with Crippen molar-refractivity contribution in [2.24, 2.45) is 0 Å². The molecule has 0 atom stereocenters. The van der Waals surface area contributed by atoms with Crippen LogP contribution in [-0.4, -0.2) is 27.8 Å². The summed E-state index contributed by atoms with van der Waals surface area (Å²) in [7, 11) is 0. The molecule has 0 aromatic carbocycles. The summed E-state index contributed by atoms with van der Waals surface area (Å²) in [6.45, 7) is 0. The SMILES string of the molecule is O=C(ON1C(=O)CCC1=O)c1ccncc1. The number of carbonyl (C=O) groups is 3. The van der Waals surface area contributed by atoms with Crippen LogP contribution in [-0.2, 0) is 14.4 Å². The van der Waals surface area contributed by atoms with E-state index in [0.717, 1.165) is 0 Å². The molecule has 1 aliphatic rings. The van der Waals surface area contributed by atoms with Gasteiger partial charge in [-0.25, -0.2) is 4.79 Å². The highest BCUT2D eigenvalue weighted by molar-refractivity contribution is 6.02. The fraction of sp³-hybridized carbons (Fsp3) is 0.200. The van der Waals surface area contributed by atoms with Crippen molar-refractivity contribution in [3.8, 4) is 0 Å². The first-order chi connectivity index (χ1) is 7.68. The maximum atomic E-state index is 11.5. The Kier molecular flexibility index (Phi) is 2.63. The Morgan fingerprint density at radius 3 is 2.31 bits per heavy atom. The molecule has 2 heterocycles. The van der Waals surface area contributed by atoms with Crippen LogP contribution in [0.5, 0.6) is 0 Å². The van der Waals surface area contributed by atoms with E-state index in [9.17, 15) is 14.4 Å². The molecule has 0 radical (unpaired) electrons. The molecule has 1 saturated heterocycles. The van der Waals surface area contributed by atoms with Crippen molar-refractivity contribution in [3.05, 3.63) is 30.1 Å². The van der Waals surface area contributed by atoms with Crippen LogP contribution >= 0.6 is 0 Å². The minimum Gasteiger partial charge on any atom is -0.325 e. The quantitative estimate of drug-likeness (QED) is 0.670. The van der Waals surface area contributed by atoms with E-state index in [2.05, 4.69) is 9.82 Å². The monoisotopic (exact) mass is 220 g/mol. The lowest BCUT2D eigenvalue weighted by Gasteiger charge is -2.12. The van der Waals surface area contributed by atoms with Gasteiger partial charge >= 0.3 is 5.97 Å². The van der Waals surface area contributed by atoms with Gasteiger partial charge in [-0.3, -0.25) is 14.6 Å². The number of rotatable bonds is 2. The fourth-order valence-corrected chi connectivity index (χ4v) is 1.28. The molecule has 6 nitrogen and oxygen atoms in total. The smallest absolute Gasteiger partial charge is 0.325 e. The van der Waals surface area contributed by atoms with Gasteiger partial charge in [0.25, 0.3) is 11.8 Å². The Labute approximate surface area is 90.8 Å². The second kappa shape index (κ2) is 4.09. The molecule has 0 bridgehead atoms. The summed E-state index contributed by atoms with van der Waals surface area (Å²) in [5, 5.41) is 0.517. The van der Waals surface area contributed by atoms with Gasteiger partial charge < -0.3 is 4.84 Å². The number of imide groups is 1. The van der Waals surface area contributed by atoms with Crippen molar-refractivity contribution < 1.29 is 19.2 Å². The second-order valence-corrected chi connectivity index (χ2v) is 3.20. The highest BCUT2D eigenvalue weighted by Gasteiger charge is 2.33. The first-order valence-electron chi connectivity index (χ1n) is 4.66. The summed E-state index contributed by atoms with van der Waals surface area (Å²) in [6, 6.07) is 2.88. The molecule has 1 aromatic heterocycles. The number of nitrogens with zero attached hydrogens (tertiary/aromatic N) is 2. The fourth-order valence-electron chi connectivity index (χ4n) is 1.28. The molecule has 2 amide bonds. The third-order valence-electron chi connectivity index (χ3n) is 2.10. The van der Waals surface area contributed by atoms with Gasteiger partial charge in [-0.2, -0.15) is 0 Å². The van der Waals surface area contributed by atoms with Gasteiger partial charge in [-0.05, 0) is 12.1 Å². The largest absolute Gasteiger partial charge is 0.364 e. The molecule has 0 spiro atoms. The Hall–Kier alpha value is -2.24. The zero-order valence-corrected chi connectivity index (χ0v) is 8.25. The number of hydroxylamine groups is 2. The first-order valence-corrected chi connectivity index (χ1v) is 4.66. The molecule has 0 unspecified atom stereocenters. The Morgan fingerprint density at radius 1 is 1.19 bits per heavy atom. The average molecular weight is 220 g/mol. The number of pyridine rings is 1. The van der Waals surface area contributed by atoms with Crippen LogP contribution in [0.2, 0.25) is 0 Å². The number of aromatic nitrogens is 1. The van der Waals surface area contributed by atoms with Gasteiger partial charge in [0.05, 0.1) is 5.56 Å². The lowest BCUT2D eigenvalue weighted by molar-refractivity contribution is -0.172. The van der Waals surface area contributed by atoms with Crippen LogP contribution in [0.3, 0.4) is 0 Å². The van der Waals surface area contributed by atoms with Crippen LogP contribution < -0.4 is 0 Å². The number of hydrogen-bond donors (Lipinski definition) is 0. The van der Waals surface area contributed by atoms with Crippen molar-refractivity contribution in [2.45, 2.75) is 12.8 Å².